The molecule has 18 heavy (non-hydrogen) atoms. The number of Topliss-reactive ketones (excluding diaryl/α,β-unsaturated/α-hetero) is 1. The maximum absolute atomic E-state index is 11.2. The highest BCUT2D eigenvalue weighted by Crippen LogP contribution is 2.15. The van der Waals surface area contributed by atoms with Gasteiger partial charge in [-0.15, -0.1) is 0 Å². The molecule has 0 spiro atoms. The van der Waals surface area contributed by atoms with Gasteiger partial charge in [-0.25, -0.2) is 0 Å². The van der Waals surface area contributed by atoms with Gasteiger partial charge in [-0.3, -0.25) is 4.79 Å². The van der Waals surface area contributed by atoms with Crippen molar-refractivity contribution in [1.82, 2.24) is 0 Å². The lowest BCUT2D eigenvalue weighted by atomic mass is 10.1. The molecule has 1 rings (SSSR count). The Morgan fingerprint density at radius 2 is 2.00 bits per heavy atom. The van der Waals surface area contributed by atoms with Gasteiger partial charge in [0.1, 0.15) is 0 Å². The summed E-state index contributed by atoms with van der Waals surface area (Å²) in [5, 5.41) is 8.65. The lowest BCUT2D eigenvalue weighted by molar-refractivity contribution is 0.101. The number of hydrogen-bond acceptors (Lipinski definition) is 4. The van der Waals surface area contributed by atoms with Gasteiger partial charge in [0.2, 0.25) is 0 Å². The Bertz CT molecular complexity index is 420. The minimum absolute atomic E-state index is 0.0574. The van der Waals surface area contributed by atoms with Crippen LogP contribution in [-0.2, 0) is 4.74 Å². The summed E-state index contributed by atoms with van der Waals surface area (Å²) in [6.07, 6.45) is 0.470. The molecule has 0 unspecified atom stereocenters. The fourth-order valence-corrected chi connectivity index (χ4v) is 1.66. The summed E-state index contributed by atoms with van der Waals surface area (Å²) in [5.41, 5.74) is 1.71. The fourth-order valence-electron chi connectivity index (χ4n) is 1.66. The molecule has 0 amide bonds. The Balaban J connectivity index is 2.77. The van der Waals surface area contributed by atoms with Crippen molar-refractivity contribution in [1.29, 1.82) is 5.26 Å². The van der Waals surface area contributed by atoms with E-state index in [1.807, 2.05) is 24.3 Å². The molecule has 0 saturated heterocycles. The van der Waals surface area contributed by atoms with Crippen molar-refractivity contribution < 1.29 is 9.53 Å². The lowest BCUT2D eigenvalue weighted by Gasteiger charge is -2.23. The topological polar surface area (TPSA) is 53.3 Å². The van der Waals surface area contributed by atoms with Crippen molar-refractivity contribution >= 4 is 11.5 Å². The van der Waals surface area contributed by atoms with Gasteiger partial charge < -0.3 is 9.64 Å². The Morgan fingerprint density at radius 1 is 1.33 bits per heavy atom. The molecular formula is C14H18N2O2. The molecule has 0 aliphatic rings. The monoisotopic (exact) mass is 246 g/mol. The van der Waals surface area contributed by atoms with Crippen LogP contribution in [0.25, 0.3) is 0 Å². The van der Waals surface area contributed by atoms with E-state index in [9.17, 15) is 4.79 Å². The number of carbonyl (C=O) groups is 1. The Kier molecular flexibility index (Phi) is 5.89. The number of ketones is 1. The number of nitrogens with zero attached hydrogens (tertiary/aromatic N) is 2. The minimum atomic E-state index is 0.0574. The van der Waals surface area contributed by atoms with E-state index in [4.69, 9.17) is 10.00 Å². The third-order valence-corrected chi connectivity index (χ3v) is 2.70. The van der Waals surface area contributed by atoms with Crippen molar-refractivity contribution in [3.8, 4) is 6.07 Å². The van der Waals surface area contributed by atoms with Gasteiger partial charge in [0.15, 0.2) is 5.78 Å². The van der Waals surface area contributed by atoms with Crippen LogP contribution in [0.2, 0.25) is 0 Å². The molecule has 0 aromatic heterocycles. The average molecular weight is 246 g/mol. The summed E-state index contributed by atoms with van der Waals surface area (Å²) in [4.78, 5) is 13.3. The van der Waals surface area contributed by atoms with Crippen LogP contribution in [0.4, 0.5) is 5.69 Å². The Morgan fingerprint density at radius 3 is 2.50 bits per heavy atom. The molecule has 0 heterocycles. The zero-order valence-corrected chi connectivity index (χ0v) is 10.8. The summed E-state index contributed by atoms with van der Waals surface area (Å²) in [5.74, 6) is 0.0574. The summed E-state index contributed by atoms with van der Waals surface area (Å²) in [6.45, 7) is 3.56. The largest absolute Gasteiger partial charge is 0.383 e. The lowest BCUT2D eigenvalue weighted by Crippen LogP contribution is -2.28. The first-order valence-electron chi connectivity index (χ1n) is 5.91. The smallest absolute Gasteiger partial charge is 0.159 e. The average Bonchev–Trinajstić information content (AvgIpc) is 2.39. The molecule has 0 atom stereocenters. The quantitative estimate of drug-likeness (QED) is 0.692. The molecule has 0 saturated carbocycles. The normalized spacial score (nSPS) is 9.83. The van der Waals surface area contributed by atoms with Crippen LogP contribution in [0.5, 0.6) is 0 Å². The maximum atomic E-state index is 11.2. The number of nitriles is 1. The second kappa shape index (κ2) is 7.46. The highest BCUT2D eigenvalue weighted by molar-refractivity contribution is 5.94. The van der Waals surface area contributed by atoms with E-state index >= 15 is 0 Å². The van der Waals surface area contributed by atoms with Gasteiger partial charge in [-0.1, -0.05) is 0 Å². The van der Waals surface area contributed by atoms with Crippen LogP contribution in [0.15, 0.2) is 24.3 Å². The summed E-state index contributed by atoms with van der Waals surface area (Å²) in [7, 11) is 1.65. The third-order valence-electron chi connectivity index (χ3n) is 2.70. The number of methoxy groups -OCH3 is 1. The molecule has 0 aliphatic heterocycles. The molecular weight excluding hydrogens is 228 g/mol. The molecule has 0 bridgehead atoms. The van der Waals surface area contributed by atoms with Crippen molar-refractivity contribution in [3.63, 3.8) is 0 Å². The van der Waals surface area contributed by atoms with Crippen molar-refractivity contribution in [2.24, 2.45) is 0 Å². The number of hydrogen-bond donors (Lipinski definition) is 0. The second-order valence-electron chi connectivity index (χ2n) is 3.99. The van der Waals surface area contributed by atoms with Gasteiger partial charge in [0.05, 0.1) is 19.1 Å². The predicted molar refractivity (Wildman–Crippen MR) is 70.8 cm³/mol. The van der Waals surface area contributed by atoms with E-state index < -0.39 is 0 Å². The predicted octanol–water partition coefficient (Wildman–Crippen LogP) is 2.26. The SMILES string of the molecule is COCCN(CCC#N)c1ccc(C(C)=O)cc1. The Hall–Kier alpha value is -1.86. The van der Waals surface area contributed by atoms with E-state index in [1.165, 1.54) is 0 Å². The zero-order valence-electron chi connectivity index (χ0n) is 10.8. The maximum Gasteiger partial charge on any atom is 0.159 e. The first kappa shape index (κ1) is 14.2. The van der Waals surface area contributed by atoms with Gasteiger partial charge >= 0.3 is 0 Å². The second-order valence-corrected chi connectivity index (χ2v) is 3.99. The molecule has 4 nitrogen and oxygen atoms in total. The number of ether oxygens (including phenoxy) is 1. The molecule has 0 fully saturated rings. The van der Waals surface area contributed by atoms with Gasteiger partial charge in [0, 0.05) is 31.5 Å². The number of anilines is 1. The summed E-state index contributed by atoms with van der Waals surface area (Å²) >= 11 is 0. The molecule has 0 N–H and O–H groups in total. The molecule has 0 aliphatic carbocycles. The van der Waals surface area contributed by atoms with E-state index in [1.54, 1.807) is 14.0 Å². The van der Waals surface area contributed by atoms with E-state index in [-0.39, 0.29) is 5.78 Å². The van der Waals surface area contributed by atoms with Crippen LogP contribution in [0.1, 0.15) is 23.7 Å². The highest BCUT2D eigenvalue weighted by atomic mass is 16.5. The molecule has 1 aromatic carbocycles. The standard InChI is InChI=1S/C14H18N2O2/c1-12(17)13-4-6-14(7-5-13)16(9-3-8-15)10-11-18-2/h4-7H,3,9-11H2,1-2H3. The first-order valence-corrected chi connectivity index (χ1v) is 5.91. The molecule has 4 heteroatoms. The van der Waals surface area contributed by atoms with Crippen LogP contribution in [-0.4, -0.2) is 32.6 Å². The minimum Gasteiger partial charge on any atom is -0.383 e. The van der Waals surface area contributed by atoms with E-state index in [0.717, 1.165) is 12.2 Å². The molecule has 0 radical (unpaired) electrons. The zero-order chi connectivity index (χ0) is 13.4. The van der Waals surface area contributed by atoms with E-state index in [2.05, 4.69) is 11.0 Å². The van der Waals surface area contributed by atoms with Gasteiger partial charge in [0.25, 0.3) is 0 Å². The number of benzene rings is 1. The van der Waals surface area contributed by atoms with Crippen LogP contribution < -0.4 is 4.90 Å². The highest BCUT2D eigenvalue weighted by Gasteiger charge is 2.07. The first-order chi connectivity index (χ1) is 8.69. The Labute approximate surface area is 108 Å². The van der Waals surface area contributed by atoms with Crippen molar-refractivity contribution in [2.75, 3.05) is 31.7 Å². The van der Waals surface area contributed by atoms with Crippen LogP contribution in [0, 0.1) is 11.3 Å². The van der Waals surface area contributed by atoms with Crippen LogP contribution in [0.3, 0.4) is 0 Å². The molecule has 1 aromatic rings. The molecule has 96 valence electrons. The number of rotatable bonds is 7. The van der Waals surface area contributed by atoms with Gasteiger partial charge in [-0.2, -0.15) is 5.26 Å². The third kappa shape index (κ3) is 4.19. The summed E-state index contributed by atoms with van der Waals surface area (Å²) < 4.78 is 5.06. The van der Waals surface area contributed by atoms with Crippen LogP contribution >= 0.6 is 0 Å². The number of carbonyl (C=O) groups excluding carboxylic acids is 1. The van der Waals surface area contributed by atoms with Gasteiger partial charge in [-0.05, 0) is 31.2 Å². The van der Waals surface area contributed by atoms with E-state index in [0.29, 0.717) is 25.1 Å². The fraction of sp³-hybridized carbons (Fsp3) is 0.429. The van der Waals surface area contributed by atoms with Crippen molar-refractivity contribution in [2.45, 2.75) is 13.3 Å². The van der Waals surface area contributed by atoms with Crippen molar-refractivity contribution in [3.05, 3.63) is 29.8 Å². The summed E-state index contributed by atoms with van der Waals surface area (Å²) in [6, 6.07) is 9.57.